The molecule has 158 valence electrons. The Bertz CT molecular complexity index is 885. The summed E-state index contributed by atoms with van der Waals surface area (Å²) in [6.45, 7) is 3.96. The molecule has 0 aliphatic carbocycles. The van der Waals surface area contributed by atoms with Crippen LogP contribution in [-0.2, 0) is 9.59 Å². The SMILES string of the molecule is CC(=O)Nc1cccc(C(=O)N2CCCN(C(=O)CCOc3ccccc3)CC2)c1. The van der Waals surface area contributed by atoms with Gasteiger partial charge in [0, 0.05) is 44.4 Å². The first-order chi connectivity index (χ1) is 14.5. The second-order valence-corrected chi connectivity index (χ2v) is 7.20. The molecule has 0 atom stereocenters. The van der Waals surface area contributed by atoms with Crippen LogP contribution < -0.4 is 10.1 Å². The van der Waals surface area contributed by atoms with Crippen LogP contribution in [0.25, 0.3) is 0 Å². The minimum absolute atomic E-state index is 0.0351. The first kappa shape index (κ1) is 21.4. The molecule has 30 heavy (non-hydrogen) atoms. The summed E-state index contributed by atoms with van der Waals surface area (Å²) in [5.74, 6) is 0.510. The molecular formula is C23H27N3O4. The van der Waals surface area contributed by atoms with Gasteiger partial charge in [-0.05, 0) is 36.8 Å². The lowest BCUT2D eigenvalue weighted by molar-refractivity contribution is -0.131. The van der Waals surface area contributed by atoms with E-state index in [4.69, 9.17) is 4.74 Å². The Morgan fingerprint density at radius 1 is 0.933 bits per heavy atom. The van der Waals surface area contributed by atoms with Crippen LogP contribution in [0.1, 0.15) is 30.1 Å². The predicted octanol–water partition coefficient (Wildman–Crippen LogP) is 2.79. The van der Waals surface area contributed by atoms with Gasteiger partial charge in [-0.1, -0.05) is 24.3 Å². The van der Waals surface area contributed by atoms with Crippen LogP contribution in [0.3, 0.4) is 0 Å². The first-order valence-electron chi connectivity index (χ1n) is 10.2. The number of hydrogen-bond acceptors (Lipinski definition) is 4. The van der Waals surface area contributed by atoms with E-state index in [1.807, 2.05) is 30.3 Å². The molecule has 0 bridgehead atoms. The van der Waals surface area contributed by atoms with E-state index < -0.39 is 0 Å². The maximum atomic E-state index is 12.9. The third-order valence-corrected chi connectivity index (χ3v) is 4.89. The molecule has 0 aromatic heterocycles. The van der Waals surface area contributed by atoms with Gasteiger partial charge in [0.2, 0.25) is 11.8 Å². The van der Waals surface area contributed by atoms with Crippen molar-refractivity contribution in [1.82, 2.24) is 9.80 Å². The van der Waals surface area contributed by atoms with Gasteiger partial charge in [-0.3, -0.25) is 14.4 Å². The van der Waals surface area contributed by atoms with Gasteiger partial charge in [-0.2, -0.15) is 0 Å². The van der Waals surface area contributed by atoms with Crippen LogP contribution in [0.15, 0.2) is 54.6 Å². The van der Waals surface area contributed by atoms with Gasteiger partial charge < -0.3 is 19.9 Å². The van der Waals surface area contributed by atoms with Crippen LogP contribution in [0, 0.1) is 0 Å². The minimum atomic E-state index is -0.181. The molecule has 2 aromatic carbocycles. The number of benzene rings is 2. The Morgan fingerprint density at radius 2 is 1.67 bits per heavy atom. The molecule has 0 saturated carbocycles. The zero-order chi connectivity index (χ0) is 21.3. The molecule has 3 rings (SSSR count). The lowest BCUT2D eigenvalue weighted by Crippen LogP contribution is -2.37. The number of amides is 3. The largest absolute Gasteiger partial charge is 0.493 e. The average molecular weight is 409 g/mol. The van der Waals surface area contributed by atoms with Crippen LogP contribution >= 0.6 is 0 Å². The molecule has 7 heteroatoms. The van der Waals surface area contributed by atoms with Crippen molar-refractivity contribution in [3.05, 3.63) is 60.2 Å². The molecule has 1 aliphatic rings. The number of carbonyl (C=O) groups is 3. The highest BCUT2D eigenvalue weighted by molar-refractivity contribution is 5.96. The van der Waals surface area contributed by atoms with E-state index >= 15 is 0 Å². The summed E-state index contributed by atoms with van der Waals surface area (Å²) in [5.41, 5.74) is 1.12. The van der Waals surface area contributed by atoms with Gasteiger partial charge >= 0.3 is 0 Å². The number of hydrogen-bond donors (Lipinski definition) is 1. The normalized spacial score (nSPS) is 14.0. The topological polar surface area (TPSA) is 79.0 Å². The average Bonchev–Trinajstić information content (AvgIpc) is 3.00. The molecule has 1 fully saturated rings. The van der Waals surface area contributed by atoms with Gasteiger partial charge in [0.15, 0.2) is 0 Å². The van der Waals surface area contributed by atoms with Crippen molar-refractivity contribution in [1.29, 1.82) is 0 Å². The Balaban J connectivity index is 1.51. The third-order valence-electron chi connectivity index (χ3n) is 4.89. The van der Waals surface area contributed by atoms with E-state index in [0.29, 0.717) is 50.5 Å². The van der Waals surface area contributed by atoms with E-state index in [1.165, 1.54) is 6.92 Å². The Labute approximate surface area is 176 Å². The summed E-state index contributed by atoms with van der Waals surface area (Å²) in [6.07, 6.45) is 1.03. The standard InChI is InChI=1S/C23H27N3O4/c1-18(27)24-20-8-5-7-19(17-20)23(29)26-13-6-12-25(14-15-26)22(28)11-16-30-21-9-3-2-4-10-21/h2-5,7-10,17H,6,11-16H2,1H3,(H,24,27). The molecule has 2 aromatic rings. The van der Waals surface area contributed by atoms with Crippen LogP contribution in [0.4, 0.5) is 5.69 Å². The van der Waals surface area contributed by atoms with Crippen molar-refractivity contribution in [3.63, 3.8) is 0 Å². The molecular weight excluding hydrogens is 382 g/mol. The highest BCUT2D eigenvalue weighted by Gasteiger charge is 2.23. The molecule has 7 nitrogen and oxygen atoms in total. The van der Waals surface area contributed by atoms with Crippen molar-refractivity contribution in [2.45, 2.75) is 19.8 Å². The van der Waals surface area contributed by atoms with Gasteiger partial charge in [0.25, 0.3) is 5.91 Å². The number of rotatable bonds is 6. The maximum absolute atomic E-state index is 12.9. The van der Waals surface area contributed by atoms with Crippen molar-refractivity contribution in [3.8, 4) is 5.75 Å². The predicted molar refractivity (Wildman–Crippen MR) is 114 cm³/mol. The lowest BCUT2D eigenvalue weighted by atomic mass is 10.1. The Morgan fingerprint density at radius 3 is 2.43 bits per heavy atom. The molecule has 1 saturated heterocycles. The van der Waals surface area contributed by atoms with Crippen molar-refractivity contribution in [2.75, 3.05) is 38.1 Å². The van der Waals surface area contributed by atoms with Gasteiger partial charge in [-0.15, -0.1) is 0 Å². The summed E-state index contributed by atoms with van der Waals surface area (Å²) < 4.78 is 5.61. The molecule has 1 N–H and O–H groups in total. The number of para-hydroxylation sites is 1. The molecule has 0 spiro atoms. The van der Waals surface area contributed by atoms with Crippen molar-refractivity contribution in [2.24, 2.45) is 0 Å². The minimum Gasteiger partial charge on any atom is -0.493 e. The Hall–Kier alpha value is -3.35. The van der Waals surface area contributed by atoms with Gasteiger partial charge in [0.1, 0.15) is 5.75 Å². The highest BCUT2D eigenvalue weighted by atomic mass is 16.5. The molecule has 1 heterocycles. The maximum Gasteiger partial charge on any atom is 0.253 e. The number of anilines is 1. The van der Waals surface area contributed by atoms with E-state index in [9.17, 15) is 14.4 Å². The van der Waals surface area contributed by atoms with Crippen LogP contribution in [0.5, 0.6) is 5.75 Å². The third kappa shape index (κ3) is 6.07. The van der Waals surface area contributed by atoms with Crippen molar-refractivity contribution >= 4 is 23.4 Å². The second kappa shape index (κ2) is 10.4. The van der Waals surface area contributed by atoms with Gasteiger partial charge in [-0.25, -0.2) is 0 Å². The van der Waals surface area contributed by atoms with Crippen molar-refractivity contribution < 1.29 is 19.1 Å². The number of nitrogens with one attached hydrogen (secondary N) is 1. The molecule has 3 amide bonds. The summed E-state index contributed by atoms with van der Waals surface area (Å²) in [7, 11) is 0. The number of ether oxygens (including phenoxy) is 1. The monoisotopic (exact) mass is 409 g/mol. The Kier molecular flexibility index (Phi) is 7.43. The highest BCUT2D eigenvalue weighted by Crippen LogP contribution is 2.15. The summed E-state index contributed by atoms with van der Waals surface area (Å²) in [6, 6.07) is 16.3. The zero-order valence-electron chi connectivity index (χ0n) is 17.2. The summed E-state index contributed by atoms with van der Waals surface area (Å²) in [4.78, 5) is 40.2. The van der Waals surface area contributed by atoms with E-state index in [0.717, 1.165) is 12.2 Å². The van der Waals surface area contributed by atoms with E-state index in [-0.39, 0.29) is 17.7 Å². The fourth-order valence-corrected chi connectivity index (χ4v) is 3.42. The lowest BCUT2D eigenvalue weighted by Gasteiger charge is -2.22. The molecule has 0 radical (unpaired) electrons. The summed E-state index contributed by atoms with van der Waals surface area (Å²) >= 11 is 0. The first-order valence-corrected chi connectivity index (χ1v) is 10.2. The number of carbonyl (C=O) groups excluding carboxylic acids is 3. The van der Waals surface area contributed by atoms with Crippen LogP contribution in [-0.4, -0.2) is 60.3 Å². The quantitative estimate of drug-likeness (QED) is 0.796. The van der Waals surface area contributed by atoms with Crippen LogP contribution in [0.2, 0.25) is 0 Å². The molecule has 0 unspecified atom stereocenters. The fraction of sp³-hybridized carbons (Fsp3) is 0.348. The molecule has 1 aliphatic heterocycles. The summed E-state index contributed by atoms with van der Waals surface area (Å²) in [5, 5.41) is 2.69. The smallest absolute Gasteiger partial charge is 0.253 e. The number of nitrogens with zero attached hydrogens (tertiary/aromatic N) is 2. The van der Waals surface area contributed by atoms with E-state index in [2.05, 4.69) is 5.32 Å². The second-order valence-electron chi connectivity index (χ2n) is 7.20. The fourth-order valence-electron chi connectivity index (χ4n) is 3.42. The van der Waals surface area contributed by atoms with Gasteiger partial charge in [0.05, 0.1) is 13.0 Å². The zero-order valence-corrected chi connectivity index (χ0v) is 17.2. The van der Waals surface area contributed by atoms with E-state index in [1.54, 1.807) is 34.1 Å².